The molecule has 4 nitrogen and oxygen atoms in total. The number of amides is 1. The van der Waals surface area contributed by atoms with E-state index < -0.39 is 5.97 Å². The van der Waals surface area contributed by atoms with E-state index in [-0.39, 0.29) is 12.5 Å². The summed E-state index contributed by atoms with van der Waals surface area (Å²) in [6.07, 6.45) is 0. The Kier molecular flexibility index (Phi) is 2.93. The van der Waals surface area contributed by atoms with E-state index in [1.54, 1.807) is 11.3 Å². The van der Waals surface area contributed by atoms with E-state index in [2.05, 4.69) is 0 Å². The lowest BCUT2D eigenvalue weighted by Gasteiger charge is -2.12. The number of carbonyl (C=O) groups is 2. The Bertz CT molecular complexity index is 514. The van der Waals surface area contributed by atoms with E-state index in [1.165, 1.54) is 23.3 Å². The molecule has 0 spiro atoms. The third-order valence-corrected chi connectivity index (χ3v) is 4.15. The Morgan fingerprint density at radius 1 is 1.44 bits per heavy atom. The molecule has 2 aromatic rings. The maximum atomic E-state index is 11.8. The Labute approximate surface area is 99.7 Å². The summed E-state index contributed by atoms with van der Waals surface area (Å²) in [5, 5.41) is 10.6. The zero-order valence-corrected chi connectivity index (χ0v) is 10.1. The van der Waals surface area contributed by atoms with Gasteiger partial charge in [0, 0.05) is 16.4 Å². The highest BCUT2D eigenvalue weighted by Gasteiger charge is 2.17. The topological polar surface area (TPSA) is 57.6 Å². The number of rotatable bonds is 3. The molecule has 0 aliphatic carbocycles. The lowest BCUT2D eigenvalue weighted by Crippen LogP contribution is -2.31. The Balaban J connectivity index is 2.21. The summed E-state index contributed by atoms with van der Waals surface area (Å²) >= 11 is 2.97. The minimum Gasteiger partial charge on any atom is -0.480 e. The first-order valence-corrected chi connectivity index (χ1v) is 6.22. The minimum atomic E-state index is -1.01. The van der Waals surface area contributed by atoms with E-state index in [9.17, 15) is 9.59 Å². The van der Waals surface area contributed by atoms with Gasteiger partial charge in [-0.1, -0.05) is 0 Å². The van der Waals surface area contributed by atoms with E-state index in [4.69, 9.17) is 5.11 Å². The summed E-state index contributed by atoms with van der Waals surface area (Å²) < 4.78 is 2.13. The average molecular weight is 255 g/mol. The van der Waals surface area contributed by atoms with Crippen molar-refractivity contribution in [3.63, 3.8) is 0 Å². The van der Waals surface area contributed by atoms with Crippen molar-refractivity contribution in [2.24, 2.45) is 0 Å². The van der Waals surface area contributed by atoms with Gasteiger partial charge in [-0.15, -0.1) is 22.7 Å². The molecule has 0 atom stereocenters. The fourth-order valence-corrected chi connectivity index (χ4v) is 3.44. The SMILES string of the molecule is CN(CC(=O)O)C(=O)c1cc2sccc2s1. The molecule has 0 unspecified atom stereocenters. The molecule has 0 fully saturated rings. The van der Waals surface area contributed by atoms with Gasteiger partial charge in [0.05, 0.1) is 4.88 Å². The quantitative estimate of drug-likeness (QED) is 0.914. The first-order valence-electron chi connectivity index (χ1n) is 4.52. The third kappa shape index (κ3) is 2.07. The third-order valence-electron chi connectivity index (χ3n) is 2.07. The molecule has 0 radical (unpaired) electrons. The second-order valence-electron chi connectivity index (χ2n) is 3.31. The van der Waals surface area contributed by atoms with Crippen LogP contribution in [0.3, 0.4) is 0 Å². The number of carboxylic acid groups (broad SMARTS) is 1. The van der Waals surface area contributed by atoms with Gasteiger partial charge in [-0.05, 0) is 17.5 Å². The number of likely N-dealkylation sites (N-methyl/N-ethyl adjacent to an activating group) is 1. The van der Waals surface area contributed by atoms with Gasteiger partial charge in [-0.2, -0.15) is 0 Å². The van der Waals surface area contributed by atoms with E-state index in [0.29, 0.717) is 4.88 Å². The molecule has 0 aliphatic heterocycles. The van der Waals surface area contributed by atoms with Crippen LogP contribution >= 0.6 is 22.7 Å². The van der Waals surface area contributed by atoms with Gasteiger partial charge < -0.3 is 10.0 Å². The molecule has 6 heteroatoms. The van der Waals surface area contributed by atoms with Crippen LogP contribution in [0, 0.1) is 0 Å². The van der Waals surface area contributed by atoms with Crippen molar-refractivity contribution in [3.8, 4) is 0 Å². The van der Waals surface area contributed by atoms with Gasteiger partial charge in [-0.3, -0.25) is 9.59 Å². The first kappa shape index (κ1) is 11.1. The van der Waals surface area contributed by atoms with Crippen LogP contribution in [0.5, 0.6) is 0 Å². The van der Waals surface area contributed by atoms with Gasteiger partial charge in [0.1, 0.15) is 6.54 Å². The Hall–Kier alpha value is -1.40. The van der Waals surface area contributed by atoms with Gasteiger partial charge in [0.2, 0.25) is 0 Å². The lowest BCUT2D eigenvalue weighted by molar-refractivity contribution is -0.137. The smallest absolute Gasteiger partial charge is 0.323 e. The highest BCUT2D eigenvalue weighted by molar-refractivity contribution is 7.27. The largest absolute Gasteiger partial charge is 0.480 e. The maximum Gasteiger partial charge on any atom is 0.323 e. The van der Waals surface area contributed by atoms with Crippen LogP contribution in [0.1, 0.15) is 9.67 Å². The number of hydrogen-bond donors (Lipinski definition) is 1. The standard InChI is InChI=1S/C10H9NO3S2/c1-11(5-9(12)13)10(14)8-4-7-6(16-8)2-3-15-7/h2-4H,5H2,1H3,(H,12,13). The normalized spacial score (nSPS) is 10.6. The van der Waals surface area contributed by atoms with Crippen molar-refractivity contribution in [1.82, 2.24) is 4.90 Å². The van der Waals surface area contributed by atoms with Crippen LogP contribution in [0.4, 0.5) is 0 Å². The number of carbonyl (C=O) groups excluding carboxylic acids is 1. The molecule has 0 saturated heterocycles. The summed E-state index contributed by atoms with van der Waals surface area (Å²) in [4.78, 5) is 24.1. The number of aliphatic carboxylic acids is 1. The van der Waals surface area contributed by atoms with Crippen LogP contribution in [0.25, 0.3) is 9.40 Å². The molecule has 2 heterocycles. The zero-order chi connectivity index (χ0) is 11.7. The summed E-state index contributed by atoms with van der Waals surface area (Å²) in [6, 6.07) is 3.77. The Morgan fingerprint density at radius 3 is 2.81 bits per heavy atom. The van der Waals surface area contributed by atoms with Crippen molar-refractivity contribution in [3.05, 3.63) is 22.4 Å². The number of hydrogen-bond acceptors (Lipinski definition) is 4. The minimum absolute atomic E-state index is 0.240. The number of carboxylic acids is 1. The lowest BCUT2D eigenvalue weighted by atomic mass is 10.4. The van der Waals surface area contributed by atoms with Gasteiger partial charge >= 0.3 is 5.97 Å². The molecule has 1 N–H and O–H groups in total. The number of thiophene rings is 2. The van der Waals surface area contributed by atoms with Crippen LogP contribution in [0.15, 0.2) is 17.5 Å². The molecule has 0 bridgehead atoms. The summed E-state index contributed by atoms with van der Waals surface area (Å²) in [6.45, 7) is -0.273. The van der Waals surface area contributed by atoms with Gasteiger partial charge in [-0.25, -0.2) is 0 Å². The molecular weight excluding hydrogens is 246 g/mol. The predicted molar refractivity (Wildman–Crippen MR) is 64.3 cm³/mol. The highest BCUT2D eigenvalue weighted by Crippen LogP contribution is 2.30. The van der Waals surface area contributed by atoms with Crippen molar-refractivity contribution in [2.45, 2.75) is 0 Å². The summed E-state index contributed by atoms with van der Waals surface area (Å²) in [5.41, 5.74) is 0. The maximum absolute atomic E-state index is 11.8. The zero-order valence-electron chi connectivity index (χ0n) is 8.47. The van der Waals surface area contributed by atoms with Crippen LogP contribution in [-0.4, -0.2) is 35.5 Å². The Morgan fingerprint density at radius 2 is 2.19 bits per heavy atom. The van der Waals surface area contributed by atoms with E-state index in [0.717, 1.165) is 9.40 Å². The van der Waals surface area contributed by atoms with Crippen LogP contribution < -0.4 is 0 Å². The molecule has 16 heavy (non-hydrogen) atoms. The first-order chi connectivity index (χ1) is 7.58. The van der Waals surface area contributed by atoms with Crippen molar-refractivity contribution in [1.29, 1.82) is 0 Å². The van der Waals surface area contributed by atoms with Crippen molar-refractivity contribution < 1.29 is 14.7 Å². The van der Waals surface area contributed by atoms with Crippen LogP contribution in [-0.2, 0) is 4.79 Å². The second-order valence-corrected chi connectivity index (χ2v) is 5.35. The molecule has 0 saturated carbocycles. The monoisotopic (exact) mass is 255 g/mol. The van der Waals surface area contributed by atoms with Crippen molar-refractivity contribution >= 4 is 43.9 Å². The fourth-order valence-electron chi connectivity index (χ4n) is 1.33. The highest BCUT2D eigenvalue weighted by atomic mass is 32.1. The van der Waals surface area contributed by atoms with E-state index in [1.807, 2.05) is 17.5 Å². The molecule has 2 rings (SSSR count). The molecular formula is C10H9NO3S2. The van der Waals surface area contributed by atoms with E-state index >= 15 is 0 Å². The van der Waals surface area contributed by atoms with Crippen molar-refractivity contribution in [2.75, 3.05) is 13.6 Å². The molecule has 0 aliphatic rings. The second kappa shape index (κ2) is 4.23. The van der Waals surface area contributed by atoms with Crippen LogP contribution in [0.2, 0.25) is 0 Å². The fraction of sp³-hybridized carbons (Fsp3) is 0.200. The summed E-state index contributed by atoms with van der Waals surface area (Å²) in [7, 11) is 1.49. The molecule has 84 valence electrons. The number of nitrogens with zero attached hydrogens (tertiary/aromatic N) is 1. The van der Waals surface area contributed by atoms with Gasteiger partial charge in [0.25, 0.3) is 5.91 Å². The summed E-state index contributed by atoms with van der Waals surface area (Å²) in [5.74, 6) is -1.25. The molecule has 2 aromatic heterocycles. The predicted octanol–water partition coefficient (Wildman–Crippen LogP) is 2.12. The average Bonchev–Trinajstić information content (AvgIpc) is 2.74. The molecule has 1 amide bonds. The number of fused-ring (bicyclic) bond motifs is 1. The molecule has 0 aromatic carbocycles. The van der Waals surface area contributed by atoms with Gasteiger partial charge in [0.15, 0.2) is 0 Å².